The second kappa shape index (κ2) is 7.87. The predicted molar refractivity (Wildman–Crippen MR) is 87.1 cm³/mol. The molecule has 2 amide bonds. The van der Waals surface area contributed by atoms with Gasteiger partial charge in [0.05, 0.1) is 12.8 Å². The second-order valence-corrected chi connectivity index (χ2v) is 7.81. The maximum absolute atomic E-state index is 13.1. The Morgan fingerprint density at radius 2 is 1.84 bits per heavy atom. The third kappa shape index (κ3) is 5.46. The summed E-state index contributed by atoms with van der Waals surface area (Å²) in [6, 6.07) is 2.94. The maximum Gasteiger partial charge on any atom is 0.243 e. The van der Waals surface area contributed by atoms with Gasteiger partial charge in [0.25, 0.3) is 0 Å². The van der Waals surface area contributed by atoms with Crippen molar-refractivity contribution in [3.63, 3.8) is 0 Å². The minimum absolute atomic E-state index is 0.0830. The highest BCUT2D eigenvalue weighted by Gasteiger charge is 2.28. The van der Waals surface area contributed by atoms with Gasteiger partial charge in [0, 0.05) is 30.8 Å². The summed E-state index contributed by atoms with van der Waals surface area (Å²) in [7, 11) is -3.26. The van der Waals surface area contributed by atoms with Crippen LogP contribution in [0.4, 0.5) is 14.5 Å². The van der Waals surface area contributed by atoms with Gasteiger partial charge in [-0.1, -0.05) is 0 Å². The number of amides is 2. The molecule has 0 bridgehead atoms. The molecule has 1 aromatic carbocycles. The average molecular weight is 375 g/mol. The van der Waals surface area contributed by atoms with E-state index < -0.39 is 27.6 Å². The van der Waals surface area contributed by atoms with Crippen LogP contribution in [0, 0.1) is 17.6 Å². The van der Waals surface area contributed by atoms with Crippen LogP contribution in [0.5, 0.6) is 0 Å². The first kappa shape index (κ1) is 19.3. The molecule has 0 spiro atoms. The van der Waals surface area contributed by atoms with E-state index in [0.29, 0.717) is 12.8 Å². The molecule has 138 valence electrons. The van der Waals surface area contributed by atoms with E-state index >= 15 is 0 Å². The Hall–Kier alpha value is -2.07. The summed E-state index contributed by atoms with van der Waals surface area (Å²) < 4.78 is 50.0. The van der Waals surface area contributed by atoms with E-state index in [1.54, 1.807) is 0 Å². The lowest BCUT2D eigenvalue weighted by atomic mass is 9.97. The number of rotatable bonds is 5. The summed E-state index contributed by atoms with van der Waals surface area (Å²) >= 11 is 0. The van der Waals surface area contributed by atoms with Crippen LogP contribution in [-0.2, 0) is 19.6 Å². The Labute approximate surface area is 144 Å². The van der Waals surface area contributed by atoms with Crippen molar-refractivity contribution in [3.8, 4) is 0 Å². The quantitative estimate of drug-likeness (QED) is 0.792. The fourth-order valence-corrected chi connectivity index (χ4v) is 3.41. The summed E-state index contributed by atoms with van der Waals surface area (Å²) in [5.41, 5.74) is 0.0830. The van der Waals surface area contributed by atoms with Crippen molar-refractivity contribution < 1.29 is 26.8 Å². The molecular formula is C15H19F2N3O4S. The van der Waals surface area contributed by atoms with E-state index in [1.165, 1.54) is 10.4 Å². The Kier molecular flexibility index (Phi) is 6.07. The molecule has 1 fully saturated rings. The number of hydrogen-bond donors (Lipinski definition) is 2. The number of carbonyl (C=O) groups excluding carboxylic acids is 2. The van der Waals surface area contributed by atoms with Crippen molar-refractivity contribution in [2.24, 2.45) is 5.92 Å². The number of anilines is 1. The van der Waals surface area contributed by atoms with Gasteiger partial charge in [0.15, 0.2) is 11.6 Å². The molecule has 1 aliphatic rings. The lowest BCUT2D eigenvalue weighted by Gasteiger charge is -2.29. The Bertz CT molecular complexity index is 762. The van der Waals surface area contributed by atoms with Crippen LogP contribution in [0.25, 0.3) is 0 Å². The minimum Gasteiger partial charge on any atom is -0.347 e. The first-order valence-corrected chi connectivity index (χ1v) is 9.49. The maximum atomic E-state index is 13.1. The van der Waals surface area contributed by atoms with Gasteiger partial charge in [-0.05, 0) is 25.0 Å². The molecule has 10 heteroatoms. The molecule has 0 radical (unpaired) electrons. The molecule has 0 unspecified atom stereocenters. The molecule has 2 rings (SSSR count). The third-order valence-electron chi connectivity index (χ3n) is 3.92. The highest BCUT2D eigenvalue weighted by atomic mass is 32.2. The Morgan fingerprint density at radius 1 is 1.20 bits per heavy atom. The minimum atomic E-state index is -3.26. The van der Waals surface area contributed by atoms with Gasteiger partial charge in [0.2, 0.25) is 21.8 Å². The standard InChI is InChI=1S/C15H19F2N3O4S/c1-25(23,24)20-6-4-10(5-7-20)15(22)18-9-14(21)19-11-2-3-12(16)13(17)8-11/h2-3,8,10H,4-7,9H2,1H3,(H,18,22)(H,19,21). The second-order valence-electron chi connectivity index (χ2n) is 5.83. The van der Waals surface area contributed by atoms with Gasteiger partial charge < -0.3 is 10.6 Å². The molecule has 0 aliphatic carbocycles. The van der Waals surface area contributed by atoms with Gasteiger partial charge in [-0.3, -0.25) is 9.59 Å². The van der Waals surface area contributed by atoms with Crippen LogP contribution in [-0.4, -0.2) is 50.4 Å². The number of benzene rings is 1. The first-order chi connectivity index (χ1) is 11.7. The lowest BCUT2D eigenvalue weighted by Crippen LogP contribution is -2.44. The number of sulfonamides is 1. The van der Waals surface area contributed by atoms with Gasteiger partial charge >= 0.3 is 0 Å². The highest BCUT2D eigenvalue weighted by molar-refractivity contribution is 7.88. The third-order valence-corrected chi connectivity index (χ3v) is 5.22. The van der Waals surface area contributed by atoms with E-state index in [4.69, 9.17) is 0 Å². The van der Waals surface area contributed by atoms with E-state index in [9.17, 15) is 26.8 Å². The van der Waals surface area contributed by atoms with Crippen LogP contribution < -0.4 is 10.6 Å². The summed E-state index contributed by atoms with van der Waals surface area (Å²) in [6.07, 6.45) is 1.88. The number of piperidine rings is 1. The zero-order valence-corrected chi connectivity index (χ0v) is 14.4. The molecule has 1 aliphatic heterocycles. The van der Waals surface area contributed by atoms with Crippen LogP contribution >= 0.6 is 0 Å². The molecule has 1 saturated heterocycles. The van der Waals surface area contributed by atoms with Gasteiger partial charge in [-0.2, -0.15) is 0 Å². The molecule has 7 nitrogen and oxygen atoms in total. The zero-order chi connectivity index (χ0) is 18.6. The van der Waals surface area contributed by atoms with Crippen molar-refractivity contribution in [3.05, 3.63) is 29.8 Å². The fourth-order valence-electron chi connectivity index (χ4n) is 2.54. The molecule has 0 aromatic heterocycles. The number of halogens is 2. The van der Waals surface area contributed by atoms with Crippen molar-refractivity contribution in [1.29, 1.82) is 0 Å². The largest absolute Gasteiger partial charge is 0.347 e. The molecular weight excluding hydrogens is 356 g/mol. The van der Waals surface area contributed by atoms with E-state index in [2.05, 4.69) is 10.6 Å². The SMILES string of the molecule is CS(=O)(=O)N1CCC(C(=O)NCC(=O)Nc2ccc(F)c(F)c2)CC1. The number of carbonyl (C=O) groups is 2. The average Bonchev–Trinajstić information content (AvgIpc) is 2.55. The summed E-state index contributed by atoms with van der Waals surface area (Å²) in [5.74, 6) is -3.39. The van der Waals surface area contributed by atoms with E-state index in [1.807, 2.05) is 0 Å². The highest BCUT2D eigenvalue weighted by Crippen LogP contribution is 2.19. The smallest absolute Gasteiger partial charge is 0.243 e. The molecule has 25 heavy (non-hydrogen) atoms. The number of nitrogens with one attached hydrogen (secondary N) is 2. The van der Waals surface area contributed by atoms with Gasteiger partial charge in [0.1, 0.15) is 0 Å². The van der Waals surface area contributed by atoms with Gasteiger partial charge in [-0.15, -0.1) is 0 Å². The number of hydrogen-bond acceptors (Lipinski definition) is 4. The Balaban J connectivity index is 1.78. The monoisotopic (exact) mass is 375 g/mol. The Morgan fingerprint density at radius 3 is 2.40 bits per heavy atom. The number of nitrogens with zero attached hydrogens (tertiary/aromatic N) is 1. The topological polar surface area (TPSA) is 95.6 Å². The fraction of sp³-hybridized carbons (Fsp3) is 0.467. The molecule has 1 aromatic rings. The molecule has 2 N–H and O–H groups in total. The van der Waals surface area contributed by atoms with Crippen molar-refractivity contribution in [2.45, 2.75) is 12.8 Å². The summed E-state index contributed by atoms with van der Waals surface area (Å²) in [5, 5.41) is 4.81. The summed E-state index contributed by atoms with van der Waals surface area (Å²) in [4.78, 5) is 23.8. The molecule has 1 heterocycles. The predicted octanol–water partition coefficient (Wildman–Crippen LogP) is 0.691. The normalized spacial score (nSPS) is 16.4. The van der Waals surface area contributed by atoms with Crippen molar-refractivity contribution in [2.75, 3.05) is 31.2 Å². The van der Waals surface area contributed by atoms with Gasteiger partial charge in [-0.25, -0.2) is 21.5 Å². The molecule has 0 saturated carbocycles. The van der Waals surface area contributed by atoms with Crippen LogP contribution in [0.1, 0.15) is 12.8 Å². The summed E-state index contributed by atoms with van der Waals surface area (Å²) in [6.45, 7) is 0.208. The van der Waals surface area contributed by atoms with Crippen LogP contribution in [0.2, 0.25) is 0 Å². The van der Waals surface area contributed by atoms with E-state index in [0.717, 1.165) is 18.4 Å². The van der Waals surface area contributed by atoms with Crippen LogP contribution in [0.3, 0.4) is 0 Å². The van der Waals surface area contributed by atoms with Crippen molar-refractivity contribution >= 4 is 27.5 Å². The lowest BCUT2D eigenvalue weighted by molar-refractivity contribution is -0.128. The molecule has 0 atom stereocenters. The van der Waals surface area contributed by atoms with Crippen LogP contribution in [0.15, 0.2) is 18.2 Å². The first-order valence-electron chi connectivity index (χ1n) is 7.64. The van der Waals surface area contributed by atoms with Crippen molar-refractivity contribution in [1.82, 2.24) is 9.62 Å². The van der Waals surface area contributed by atoms with E-state index in [-0.39, 0.29) is 37.1 Å². The zero-order valence-electron chi connectivity index (χ0n) is 13.6.